The molecule has 5 nitrogen and oxygen atoms in total. The number of hydrogen-bond donors (Lipinski definition) is 2. The second kappa shape index (κ2) is 6.56. The van der Waals surface area contributed by atoms with Gasteiger partial charge in [0.15, 0.2) is 5.76 Å². The summed E-state index contributed by atoms with van der Waals surface area (Å²) in [6, 6.07) is 1.75. The Balaban J connectivity index is 2.61. The van der Waals surface area contributed by atoms with Gasteiger partial charge in [-0.2, -0.15) is 0 Å². The maximum atomic E-state index is 11.3. The summed E-state index contributed by atoms with van der Waals surface area (Å²) in [6.07, 6.45) is 1.16. The molecule has 0 aliphatic rings. The Bertz CT molecular complexity index is 399. The lowest BCUT2D eigenvalue weighted by atomic mass is 10.1. The van der Waals surface area contributed by atoms with Gasteiger partial charge in [0.25, 0.3) is 0 Å². The van der Waals surface area contributed by atoms with E-state index in [-0.39, 0.29) is 5.76 Å². The zero-order chi connectivity index (χ0) is 13.7. The molecule has 0 bridgehead atoms. The SMILES string of the molecule is Cc1oc(C(=O)NN)cc1CN(C)CCC(C)C. The summed E-state index contributed by atoms with van der Waals surface area (Å²) in [5.74, 6) is 6.41. The molecule has 0 atom stereocenters. The monoisotopic (exact) mass is 253 g/mol. The lowest BCUT2D eigenvalue weighted by molar-refractivity contribution is 0.0924. The van der Waals surface area contributed by atoms with Gasteiger partial charge in [-0.15, -0.1) is 0 Å². The number of aryl methyl sites for hydroxylation is 1. The van der Waals surface area contributed by atoms with Crippen molar-refractivity contribution in [2.24, 2.45) is 11.8 Å². The molecule has 0 fully saturated rings. The Morgan fingerprint density at radius 2 is 2.22 bits per heavy atom. The fourth-order valence-corrected chi connectivity index (χ4v) is 1.71. The molecule has 102 valence electrons. The van der Waals surface area contributed by atoms with Crippen LogP contribution in [-0.2, 0) is 6.54 Å². The van der Waals surface area contributed by atoms with Gasteiger partial charge < -0.3 is 9.32 Å². The van der Waals surface area contributed by atoms with Crippen molar-refractivity contribution < 1.29 is 9.21 Å². The van der Waals surface area contributed by atoms with Gasteiger partial charge in [-0.25, -0.2) is 5.84 Å². The van der Waals surface area contributed by atoms with E-state index in [9.17, 15) is 4.79 Å². The summed E-state index contributed by atoms with van der Waals surface area (Å²) < 4.78 is 5.38. The molecule has 0 saturated heterocycles. The maximum absolute atomic E-state index is 11.3. The Morgan fingerprint density at radius 1 is 1.56 bits per heavy atom. The third-order valence-corrected chi connectivity index (χ3v) is 2.90. The third-order valence-electron chi connectivity index (χ3n) is 2.90. The van der Waals surface area contributed by atoms with Crippen LogP contribution in [-0.4, -0.2) is 24.4 Å². The summed E-state index contributed by atoms with van der Waals surface area (Å²) in [7, 11) is 2.07. The molecule has 0 aliphatic carbocycles. The molecule has 0 aromatic carbocycles. The fourth-order valence-electron chi connectivity index (χ4n) is 1.71. The number of nitrogen functional groups attached to an aromatic ring is 1. The number of nitrogens with zero attached hydrogens (tertiary/aromatic N) is 1. The fraction of sp³-hybridized carbons (Fsp3) is 0.615. The summed E-state index contributed by atoms with van der Waals surface area (Å²) >= 11 is 0. The highest BCUT2D eigenvalue weighted by Gasteiger charge is 2.14. The van der Waals surface area contributed by atoms with Crippen LogP contribution < -0.4 is 11.3 Å². The first-order valence-electron chi connectivity index (χ1n) is 6.22. The van der Waals surface area contributed by atoms with Crippen molar-refractivity contribution in [2.45, 2.75) is 33.7 Å². The molecule has 0 radical (unpaired) electrons. The van der Waals surface area contributed by atoms with E-state index in [1.165, 1.54) is 0 Å². The standard InChI is InChI=1S/C13H23N3O2/c1-9(2)5-6-16(4)8-11-7-12(13(17)15-14)18-10(11)3/h7,9H,5-6,8,14H2,1-4H3,(H,15,17). The van der Waals surface area contributed by atoms with Crippen LogP contribution in [0.15, 0.2) is 10.5 Å². The minimum atomic E-state index is -0.394. The minimum Gasteiger partial charge on any atom is -0.456 e. The first kappa shape index (κ1) is 14.7. The molecule has 3 N–H and O–H groups in total. The van der Waals surface area contributed by atoms with Crippen LogP contribution in [0.3, 0.4) is 0 Å². The number of nitrogens with one attached hydrogen (secondary N) is 1. The van der Waals surface area contributed by atoms with Gasteiger partial charge in [-0.1, -0.05) is 13.8 Å². The predicted octanol–water partition coefficient (Wildman–Crippen LogP) is 1.67. The van der Waals surface area contributed by atoms with E-state index in [1.807, 2.05) is 6.92 Å². The minimum absolute atomic E-state index is 0.266. The molecule has 1 aromatic rings. The zero-order valence-electron chi connectivity index (χ0n) is 11.6. The summed E-state index contributed by atoms with van der Waals surface area (Å²) in [5.41, 5.74) is 3.10. The normalized spacial score (nSPS) is 11.3. The van der Waals surface area contributed by atoms with E-state index in [1.54, 1.807) is 6.07 Å². The summed E-state index contributed by atoms with van der Waals surface area (Å²) in [6.45, 7) is 8.08. The van der Waals surface area contributed by atoms with Crippen molar-refractivity contribution in [1.82, 2.24) is 10.3 Å². The highest BCUT2D eigenvalue weighted by atomic mass is 16.4. The summed E-state index contributed by atoms with van der Waals surface area (Å²) in [4.78, 5) is 13.6. The quantitative estimate of drug-likeness (QED) is 0.459. The second-order valence-corrected chi connectivity index (χ2v) is 5.09. The number of hydrogen-bond acceptors (Lipinski definition) is 4. The van der Waals surface area contributed by atoms with Crippen molar-refractivity contribution in [3.63, 3.8) is 0 Å². The van der Waals surface area contributed by atoms with Gasteiger partial charge in [0.05, 0.1) is 0 Å². The molecule has 1 heterocycles. The van der Waals surface area contributed by atoms with Gasteiger partial charge in [0, 0.05) is 12.1 Å². The molecular weight excluding hydrogens is 230 g/mol. The number of furan rings is 1. The lowest BCUT2D eigenvalue weighted by Crippen LogP contribution is -2.29. The number of nitrogens with two attached hydrogens (primary N) is 1. The first-order chi connectivity index (χ1) is 8.43. The Kier molecular flexibility index (Phi) is 5.37. The molecule has 5 heteroatoms. The van der Waals surface area contributed by atoms with Gasteiger partial charge >= 0.3 is 5.91 Å². The number of carbonyl (C=O) groups excluding carboxylic acids is 1. The van der Waals surface area contributed by atoms with E-state index in [0.29, 0.717) is 5.92 Å². The molecule has 18 heavy (non-hydrogen) atoms. The van der Waals surface area contributed by atoms with E-state index in [4.69, 9.17) is 10.3 Å². The molecular formula is C13H23N3O2. The van der Waals surface area contributed by atoms with E-state index in [0.717, 1.165) is 30.8 Å². The first-order valence-corrected chi connectivity index (χ1v) is 6.22. The third kappa shape index (κ3) is 4.16. The Morgan fingerprint density at radius 3 is 2.78 bits per heavy atom. The van der Waals surface area contributed by atoms with Gasteiger partial charge in [-0.3, -0.25) is 10.2 Å². The molecule has 0 saturated carbocycles. The predicted molar refractivity (Wildman–Crippen MR) is 70.9 cm³/mol. The molecule has 1 amide bonds. The maximum Gasteiger partial charge on any atom is 0.300 e. The van der Waals surface area contributed by atoms with Gasteiger partial charge in [-0.05, 0) is 38.9 Å². The average Bonchev–Trinajstić information content (AvgIpc) is 2.67. The van der Waals surface area contributed by atoms with Crippen LogP contribution in [0.5, 0.6) is 0 Å². The molecule has 1 rings (SSSR count). The highest BCUT2D eigenvalue weighted by molar-refractivity contribution is 5.91. The van der Waals surface area contributed by atoms with Crippen LogP contribution in [0, 0.1) is 12.8 Å². The van der Waals surface area contributed by atoms with Crippen LogP contribution in [0.2, 0.25) is 0 Å². The van der Waals surface area contributed by atoms with Crippen molar-refractivity contribution in [1.29, 1.82) is 0 Å². The van der Waals surface area contributed by atoms with Crippen LogP contribution in [0.25, 0.3) is 0 Å². The number of amides is 1. The lowest BCUT2D eigenvalue weighted by Gasteiger charge is -2.17. The molecule has 0 unspecified atom stereocenters. The van der Waals surface area contributed by atoms with Gasteiger partial charge in [0.2, 0.25) is 0 Å². The molecule has 1 aromatic heterocycles. The van der Waals surface area contributed by atoms with Crippen molar-refractivity contribution in [3.8, 4) is 0 Å². The molecule has 0 spiro atoms. The molecule has 0 aliphatic heterocycles. The van der Waals surface area contributed by atoms with Gasteiger partial charge in [0.1, 0.15) is 5.76 Å². The number of carbonyl (C=O) groups is 1. The van der Waals surface area contributed by atoms with Crippen molar-refractivity contribution >= 4 is 5.91 Å². The smallest absolute Gasteiger partial charge is 0.300 e. The number of rotatable bonds is 6. The number of hydrazine groups is 1. The van der Waals surface area contributed by atoms with E-state index in [2.05, 4.69) is 31.2 Å². The topological polar surface area (TPSA) is 71.5 Å². The van der Waals surface area contributed by atoms with E-state index >= 15 is 0 Å². The Hall–Kier alpha value is -1.33. The van der Waals surface area contributed by atoms with E-state index < -0.39 is 5.91 Å². The average molecular weight is 253 g/mol. The zero-order valence-corrected chi connectivity index (χ0v) is 11.6. The second-order valence-electron chi connectivity index (χ2n) is 5.09. The summed E-state index contributed by atoms with van der Waals surface area (Å²) in [5, 5.41) is 0. The largest absolute Gasteiger partial charge is 0.456 e. The van der Waals surface area contributed by atoms with Crippen LogP contribution >= 0.6 is 0 Å². The Labute approximate surface area is 108 Å². The van der Waals surface area contributed by atoms with Crippen LogP contribution in [0.4, 0.5) is 0 Å². The van der Waals surface area contributed by atoms with Crippen LogP contribution in [0.1, 0.15) is 42.1 Å². The van der Waals surface area contributed by atoms with Crippen molar-refractivity contribution in [2.75, 3.05) is 13.6 Å². The highest BCUT2D eigenvalue weighted by Crippen LogP contribution is 2.16. The van der Waals surface area contributed by atoms with Crippen molar-refractivity contribution in [3.05, 3.63) is 23.2 Å².